The quantitative estimate of drug-likeness (QED) is 0.0752. The van der Waals surface area contributed by atoms with Gasteiger partial charge in [0.2, 0.25) is 5.91 Å². The zero-order valence-corrected chi connectivity index (χ0v) is 34.5. The fourth-order valence-corrected chi connectivity index (χ4v) is 7.53. The van der Waals surface area contributed by atoms with Crippen molar-refractivity contribution in [3.05, 3.63) is 106 Å². The number of anilines is 3. The standard InChI is InChI=1S/C37H35Br2Cl4N3O6/c1-4-44-26-9-22(7-24(40)13-26)19-51-37-31(42)11-21(12-32(37)43)5-6-34(48)52-35(49)17-33(47)46-28-15-29(38)36(30(39)16-28)50-18-23-8-25(41)14-27(10-23)45-20(2)3/h7-16,20,44-45H,4-6,17-19H2,1-3H3,(H,46,47). The zero-order valence-electron chi connectivity index (χ0n) is 28.3. The van der Waals surface area contributed by atoms with Crippen molar-refractivity contribution >= 4 is 113 Å². The molecule has 4 rings (SSSR count). The fourth-order valence-electron chi connectivity index (χ4n) is 4.96. The van der Waals surface area contributed by atoms with Crippen LogP contribution in [-0.4, -0.2) is 30.4 Å². The van der Waals surface area contributed by atoms with E-state index in [-0.39, 0.29) is 47.9 Å². The number of hydrogen-bond donors (Lipinski definition) is 3. The van der Waals surface area contributed by atoms with Crippen LogP contribution in [0.25, 0.3) is 0 Å². The number of esters is 2. The molecule has 0 aliphatic carbocycles. The molecule has 0 spiro atoms. The third-order valence-electron chi connectivity index (χ3n) is 7.01. The largest absolute Gasteiger partial charge is 0.487 e. The molecule has 0 saturated carbocycles. The molecule has 15 heteroatoms. The molecular formula is C37H35Br2Cl4N3O6. The molecular weight excluding hydrogens is 884 g/mol. The second-order valence-electron chi connectivity index (χ2n) is 11.8. The number of nitrogens with one attached hydrogen (secondary N) is 3. The second kappa shape index (κ2) is 19.8. The highest BCUT2D eigenvalue weighted by Gasteiger charge is 2.18. The van der Waals surface area contributed by atoms with Gasteiger partial charge in [0.25, 0.3) is 0 Å². The number of ether oxygens (including phenoxy) is 3. The monoisotopic (exact) mass is 915 g/mol. The molecule has 3 N–H and O–H groups in total. The van der Waals surface area contributed by atoms with Gasteiger partial charge in [0.1, 0.15) is 25.4 Å². The average Bonchev–Trinajstić information content (AvgIpc) is 3.02. The molecule has 1 amide bonds. The molecule has 0 aliphatic heterocycles. The number of halogens is 6. The lowest BCUT2D eigenvalue weighted by atomic mass is 10.1. The van der Waals surface area contributed by atoms with Gasteiger partial charge in [-0.3, -0.25) is 14.4 Å². The van der Waals surface area contributed by atoms with Gasteiger partial charge >= 0.3 is 11.9 Å². The lowest BCUT2D eigenvalue weighted by Gasteiger charge is -2.15. The van der Waals surface area contributed by atoms with Crippen molar-refractivity contribution in [3.8, 4) is 11.5 Å². The molecule has 0 heterocycles. The van der Waals surface area contributed by atoms with Gasteiger partial charge in [-0.2, -0.15) is 0 Å². The lowest BCUT2D eigenvalue weighted by Crippen LogP contribution is -2.20. The van der Waals surface area contributed by atoms with Gasteiger partial charge in [-0.15, -0.1) is 0 Å². The summed E-state index contributed by atoms with van der Waals surface area (Å²) in [7, 11) is 0. The van der Waals surface area contributed by atoms with Crippen LogP contribution in [0.5, 0.6) is 11.5 Å². The third-order valence-corrected chi connectivity index (χ3v) is 9.18. The van der Waals surface area contributed by atoms with Gasteiger partial charge in [-0.1, -0.05) is 46.4 Å². The van der Waals surface area contributed by atoms with Gasteiger partial charge in [0, 0.05) is 39.7 Å². The molecule has 0 radical (unpaired) electrons. The van der Waals surface area contributed by atoms with Crippen LogP contribution in [-0.2, 0) is 38.8 Å². The van der Waals surface area contributed by atoms with Crippen molar-refractivity contribution in [2.45, 2.75) is 59.3 Å². The maximum Gasteiger partial charge on any atom is 0.322 e. The van der Waals surface area contributed by atoms with Gasteiger partial charge < -0.3 is 30.2 Å². The molecule has 9 nitrogen and oxygen atoms in total. The minimum absolute atomic E-state index is 0.151. The molecule has 0 fully saturated rings. The van der Waals surface area contributed by atoms with E-state index in [9.17, 15) is 14.4 Å². The maximum atomic E-state index is 12.6. The summed E-state index contributed by atoms with van der Waals surface area (Å²) in [5.74, 6) is -1.68. The van der Waals surface area contributed by atoms with E-state index in [1.54, 1.807) is 30.3 Å². The molecule has 4 aromatic carbocycles. The van der Waals surface area contributed by atoms with Crippen molar-refractivity contribution in [2.24, 2.45) is 0 Å². The number of rotatable bonds is 16. The van der Waals surface area contributed by atoms with E-state index in [1.807, 2.05) is 51.1 Å². The van der Waals surface area contributed by atoms with E-state index in [4.69, 9.17) is 60.6 Å². The predicted octanol–water partition coefficient (Wildman–Crippen LogP) is 11.3. The molecule has 0 atom stereocenters. The predicted molar refractivity (Wildman–Crippen MR) is 215 cm³/mol. The van der Waals surface area contributed by atoms with E-state index in [2.05, 4.69) is 47.8 Å². The summed E-state index contributed by atoms with van der Waals surface area (Å²) >= 11 is 32.3. The van der Waals surface area contributed by atoms with Crippen LogP contribution in [0.4, 0.5) is 17.1 Å². The Kier molecular flexibility index (Phi) is 15.8. The number of amides is 1. The van der Waals surface area contributed by atoms with Crippen molar-refractivity contribution in [3.63, 3.8) is 0 Å². The van der Waals surface area contributed by atoms with Crippen molar-refractivity contribution < 1.29 is 28.6 Å². The summed E-state index contributed by atoms with van der Waals surface area (Å²) in [6.07, 6.45) is -0.642. The van der Waals surface area contributed by atoms with E-state index >= 15 is 0 Å². The summed E-state index contributed by atoms with van der Waals surface area (Å²) in [4.78, 5) is 37.4. The number of hydrogen-bond acceptors (Lipinski definition) is 8. The number of benzene rings is 4. The van der Waals surface area contributed by atoms with Crippen LogP contribution in [0, 0.1) is 0 Å². The Morgan fingerprint density at radius 3 is 1.83 bits per heavy atom. The number of aryl methyl sites for hydroxylation is 1. The van der Waals surface area contributed by atoms with Gasteiger partial charge in [0.15, 0.2) is 5.75 Å². The van der Waals surface area contributed by atoms with Gasteiger partial charge in [-0.25, -0.2) is 0 Å². The SMILES string of the molecule is CCNc1cc(Cl)cc(COc2c(Cl)cc(CCC(=O)OC(=O)CC(=O)Nc3cc(Br)c(OCc4cc(Cl)cc(NC(C)C)c4)c(Br)c3)cc2Cl)c1. The molecule has 4 aromatic rings. The lowest BCUT2D eigenvalue weighted by molar-refractivity contribution is -0.159. The normalized spacial score (nSPS) is 10.9. The van der Waals surface area contributed by atoms with Crippen LogP contribution in [0.3, 0.4) is 0 Å². The molecule has 0 aliphatic rings. The Hall–Kier alpha value is -3.19. The van der Waals surface area contributed by atoms with E-state index < -0.39 is 24.3 Å². The summed E-state index contributed by atoms with van der Waals surface area (Å²) in [5.41, 5.74) is 4.45. The fraction of sp³-hybridized carbons (Fsp3) is 0.270. The molecule has 0 aromatic heterocycles. The Bertz CT molecular complexity index is 1900. The summed E-state index contributed by atoms with van der Waals surface area (Å²) in [5, 5.41) is 10.8. The smallest absolute Gasteiger partial charge is 0.322 e. The third kappa shape index (κ3) is 13.0. The van der Waals surface area contributed by atoms with Crippen molar-refractivity contribution in [1.82, 2.24) is 0 Å². The number of carbonyl (C=O) groups is 3. The maximum absolute atomic E-state index is 12.6. The highest BCUT2D eigenvalue weighted by atomic mass is 79.9. The first kappa shape index (κ1) is 41.6. The Morgan fingerprint density at radius 1 is 0.692 bits per heavy atom. The van der Waals surface area contributed by atoms with E-state index in [0.29, 0.717) is 36.0 Å². The average molecular weight is 919 g/mol. The van der Waals surface area contributed by atoms with Crippen molar-refractivity contribution in [2.75, 3.05) is 22.5 Å². The van der Waals surface area contributed by atoms with Crippen LogP contribution < -0.4 is 25.4 Å². The molecule has 52 heavy (non-hydrogen) atoms. The van der Waals surface area contributed by atoms with Crippen LogP contribution >= 0.6 is 78.3 Å². The molecule has 0 saturated heterocycles. The van der Waals surface area contributed by atoms with E-state index in [1.165, 1.54) is 0 Å². The van der Waals surface area contributed by atoms with Crippen LogP contribution in [0.1, 0.15) is 50.3 Å². The minimum Gasteiger partial charge on any atom is -0.487 e. The van der Waals surface area contributed by atoms with Gasteiger partial charge in [-0.05, 0) is 136 Å². The summed E-state index contributed by atoms with van der Waals surface area (Å²) in [6, 6.07) is 17.9. The highest BCUT2D eigenvalue weighted by Crippen LogP contribution is 2.38. The zero-order chi connectivity index (χ0) is 37.9. The Labute approximate surface area is 339 Å². The Morgan fingerprint density at radius 2 is 1.25 bits per heavy atom. The molecule has 0 unspecified atom stereocenters. The topological polar surface area (TPSA) is 115 Å². The first-order valence-electron chi connectivity index (χ1n) is 16.0. The van der Waals surface area contributed by atoms with E-state index in [0.717, 1.165) is 29.0 Å². The summed E-state index contributed by atoms with van der Waals surface area (Å²) < 4.78 is 17.9. The minimum atomic E-state index is -0.994. The van der Waals surface area contributed by atoms with Crippen LogP contribution in [0.2, 0.25) is 20.1 Å². The second-order valence-corrected chi connectivity index (χ2v) is 15.2. The number of carbonyl (C=O) groups excluding carboxylic acids is 3. The Balaban J connectivity index is 1.24. The molecule has 276 valence electrons. The first-order chi connectivity index (χ1) is 24.7. The summed E-state index contributed by atoms with van der Waals surface area (Å²) in [6.45, 7) is 7.21. The van der Waals surface area contributed by atoms with Crippen LogP contribution in [0.15, 0.2) is 69.6 Å². The first-order valence-corrected chi connectivity index (χ1v) is 19.1. The molecule has 0 bridgehead atoms. The highest BCUT2D eigenvalue weighted by molar-refractivity contribution is 9.11. The van der Waals surface area contributed by atoms with Gasteiger partial charge in [0.05, 0.1) is 25.4 Å². The van der Waals surface area contributed by atoms with Crippen molar-refractivity contribution in [1.29, 1.82) is 0 Å².